The summed E-state index contributed by atoms with van der Waals surface area (Å²) < 4.78 is 40.2. The number of halogens is 3. The maximum Gasteiger partial charge on any atom is 0.433 e. The van der Waals surface area contributed by atoms with Crippen LogP contribution < -0.4 is 0 Å². The first-order chi connectivity index (χ1) is 9.36. The Morgan fingerprint density at radius 1 is 1.25 bits per heavy atom. The fraction of sp³-hybridized carbons (Fsp3) is 0.571. The molecule has 0 aliphatic heterocycles. The van der Waals surface area contributed by atoms with E-state index < -0.39 is 11.9 Å². The van der Waals surface area contributed by atoms with E-state index in [9.17, 15) is 13.2 Å². The minimum Gasteiger partial charge on any atom is -0.310 e. The van der Waals surface area contributed by atoms with E-state index in [-0.39, 0.29) is 6.04 Å². The SMILES string of the molecule is CC(C)n1c(CC2CC2)nc2ccc(C(F)(F)F)nc21. The Kier molecular flexibility index (Phi) is 2.99. The van der Waals surface area contributed by atoms with E-state index in [1.54, 1.807) is 0 Å². The van der Waals surface area contributed by atoms with Crippen LogP contribution in [0.3, 0.4) is 0 Å². The molecule has 1 fully saturated rings. The molecule has 0 aromatic carbocycles. The molecule has 0 saturated heterocycles. The summed E-state index contributed by atoms with van der Waals surface area (Å²) in [5, 5.41) is 0. The molecule has 1 aliphatic rings. The molecular weight excluding hydrogens is 267 g/mol. The van der Waals surface area contributed by atoms with Gasteiger partial charge in [0.2, 0.25) is 0 Å². The van der Waals surface area contributed by atoms with E-state index in [0.29, 0.717) is 17.1 Å². The van der Waals surface area contributed by atoms with Gasteiger partial charge in [0.15, 0.2) is 5.65 Å². The van der Waals surface area contributed by atoms with Crippen LogP contribution in [0.5, 0.6) is 0 Å². The number of alkyl halides is 3. The molecule has 2 aromatic rings. The number of pyridine rings is 1. The largest absolute Gasteiger partial charge is 0.433 e. The first-order valence-electron chi connectivity index (χ1n) is 6.81. The van der Waals surface area contributed by atoms with Gasteiger partial charge in [0, 0.05) is 12.5 Å². The molecule has 0 unspecified atom stereocenters. The summed E-state index contributed by atoms with van der Waals surface area (Å²) in [4.78, 5) is 8.26. The van der Waals surface area contributed by atoms with E-state index in [1.165, 1.54) is 18.9 Å². The van der Waals surface area contributed by atoms with Gasteiger partial charge in [-0.15, -0.1) is 0 Å². The van der Waals surface area contributed by atoms with Crippen molar-refractivity contribution >= 4 is 11.2 Å². The zero-order valence-electron chi connectivity index (χ0n) is 11.4. The summed E-state index contributed by atoms with van der Waals surface area (Å²) in [6.07, 6.45) is -1.22. The summed E-state index contributed by atoms with van der Waals surface area (Å²) in [5.41, 5.74) is 0.0256. The number of imidazole rings is 1. The molecule has 1 saturated carbocycles. The molecule has 0 N–H and O–H groups in total. The van der Waals surface area contributed by atoms with Gasteiger partial charge in [0.25, 0.3) is 0 Å². The van der Waals surface area contributed by atoms with Crippen LogP contribution in [0.25, 0.3) is 11.2 Å². The van der Waals surface area contributed by atoms with Crippen molar-refractivity contribution in [3.05, 3.63) is 23.7 Å². The second-order valence-electron chi connectivity index (χ2n) is 5.68. The summed E-state index contributed by atoms with van der Waals surface area (Å²) in [7, 11) is 0. The topological polar surface area (TPSA) is 30.7 Å². The van der Waals surface area contributed by atoms with E-state index >= 15 is 0 Å². The highest BCUT2D eigenvalue weighted by atomic mass is 19.4. The molecule has 6 heteroatoms. The van der Waals surface area contributed by atoms with E-state index in [0.717, 1.165) is 18.3 Å². The van der Waals surface area contributed by atoms with Crippen molar-refractivity contribution in [1.29, 1.82) is 0 Å². The van der Waals surface area contributed by atoms with Gasteiger partial charge in [-0.25, -0.2) is 9.97 Å². The summed E-state index contributed by atoms with van der Waals surface area (Å²) >= 11 is 0. The minimum absolute atomic E-state index is 0.0460. The third-order valence-corrected chi connectivity index (χ3v) is 3.59. The summed E-state index contributed by atoms with van der Waals surface area (Å²) in [6, 6.07) is 2.46. The Morgan fingerprint density at radius 3 is 2.50 bits per heavy atom. The van der Waals surface area contributed by atoms with Crippen LogP contribution in [0.15, 0.2) is 12.1 Å². The molecule has 20 heavy (non-hydrogen) atoms. The van der Waals surface area contributed by atoms with Gasteiger partial charge in [-0.1, -0.05) is 0 Å². The highest BCUT2D eigenvalue weighted by Gasteiger charge is 2.33. The van der Waals surface area contributed by atoms with Crippen molar-refractivity contribution in [2.24, 2.45) is 5.92 Å². The Hall–Kier alpha value is -1.59. The third kappa shape index (κ3) is 2.39. The normalized spacial score (nSPS) is 16.3. The molecule has 0 bridgehead atoms. The second kappa shape index (κ2) is 4.46. The van der Waals surface area contributed by atoms with Crippen molar-refractivity contribution in [2.75, 3.05) is 0 Å². The summed E-state index contributed by atoms with van der Waals surface area (Å²) in [5.74, 6) is 1.48. The highest BCUT2D eigenvalue weighted by Crippen LogP contribution is 2.35. The zero-order chi connectivity index (χ0) is 14.5. The average molecular weight is 283 g/mol. The number of rotatable bonds is 3. The molecule has 0 spiro atoms. The predicted molar refractivity (Wildman–Crippen MR) is 69.3 cm³/mol. The maximum atomic E-state index is 12.8. The van der Waals surface area contributed by atoms with Crippen molar-refractivity contribution in [3.8, 4) is 0 Å². The van der Waals surface area contributed by atoms with Crippen molar-refractivity contribution in [1.82, 2.24) is 14.5 Å². The standard InChI is InChI=1S/C14H16F3N3/c1-8(2)20-12(7-9-3-4-9)18-10-5-6-11(14(15,16)17)19-13(10)20/h5-6,8-9H,3-4,7H2,1-2H3. The van der Waals surface area contributed by atoms with Crippen LogP contribution in [0.1, 0.15) is 44.2 Å². The number of nitrogens with zero attached hydrogens (tertiary/aromatic N) is 3. The zero-order valence-corrected chi connectivity index (χ0v) is 11.4. The van der Waals surface area contributed by atoms with Crippen molar-refractivity contribution in [3.63, 3.8) is 0 Å². The van der Waals surface area contributed by atoms with Crippen LogP contribution in [-0.2, 0) is 12.6 Å². The second-order valence-corrected chi connectivity index (χ2v) is 5.68. The molecule has 2 heterocycles. The van der Waals surface area contributed by atoms with Crippen molar-refractivity contribution in [2.45, 2.75) is 45.3 Å². The van der Waals surface area contributed by atoms with Crippen LogP contribution in [0.4, 0.5) is 13.2 Å². The fourth-order valence-corrected chi connectivity index (χ4v) is 2.45. The van der Waals surface area contributed by atoms with Crippen LogP contribution >= 0.6 is 0 Å². The molecule has 0 amide bonds. The number of hydrogen-bond acceptors (Lipinski definition) is 2. The first kappa shape index (κ1) is 13.4. The highest BCUT2D eigenvalue weighted by molar-refractivity contribution is 5.72. The Labute approximate surface area is 114 Å². The molecular formula is C14H16F3N3. The van der Waals surface area contributed by atoms with Crippen LogP contribution in [0, 0.1) is 5.92 Å². The van der Waals surface area contributed by atoms with E-state index in [2.05, 4.69) is 9.97 Å². The number of aromatic nitrogens is 3. The lowest BCUT2D eigenvalue weighted by Crippen LogP contribution is -2.11. The predicted octanol–water partition coefficient (Wildman–Crippen LogP) is 3.98. The van der Waals surface area contributed by atoms with Gasteiger partial charge in [0.05, 0.1) is 0 Å². The van der Waals surface area contributed by atoms with Crippen LogP contribution in [-0.4, -0.2) is 14.5 Å². The number of fused-ring (bicyclic) bond motifs is 1. The Balaban J connectivity index is 2.14. The molecule has 3 nitrogen and oxygen atoms in total. The average Bonchev–Trinajstić information content (AvgIpc) is 3.06. The lowest BCUT2D eigenvalue weighted by atomic mass is 10.2. The van der Waals surface area contributed by atoms with E-state index in [1.807, 2.05) is 18.4 Å². The Bertz CT molecular complexity index is 639. The lowest BCUT2D eigenvalue weighted by Gasteiger charge is -2.13. The van der Waals surface area contributed by atoms with Crippen molar-refractivity contribution < 1.29 is 13.2 Å². The van der Waals surface area contributed by atoms with Gasteiger partial charge in [-0.2, -0.15) is 13.2 Å². The quantitative estimate of drug-likeness (QED) is 0.853. The molecule has 2 aromatic heterocycles. The molecule has 1 aliphatic carbocycles. The lowest BCUT2D eigenvalue weighted by molar-refractivity contribution is -0.141. The third-order valence-electron chi connectivity index (χ3n) is 3.59. The molecule has 0 atom stereocenters. The smallest absolute Gasteiger partial charge is 0.310 e. The maximum absolute atomic E-state index is 12.8. The van der Waals surface area contributed by atoms with Gasteiger partial charge >= 0.3 is 6.18 Å². The molecule has 3 rings (SSSR count). The van der Waals surface area contributed by atoms with Gasteiger partial charge in [0.1, 0.15) is 17.0 Å². The van der Waals surface area contributed by atoms with Gasteiger partial charge in [-0.05, 0) is 44.7 Å². The Morgan fingerprint density at radius 2 is 1.95 bits per heavy atom. The van der Waals surface area contributed by atoms with Gasteiger partial charge in [-0.3, -0.25) is 0 Å². The monoisotopic (exact) mass is 283 g/mol. The fourth-order valence-electron chi connectivity index (χ4n) is 2.45. The number of hydrogen-bond donors (Lipinski definition) is 0. The molecule has 0 radical (unpaired) electrons. The minimum atomic E-state index is -4.42. The van der Waals surface area contributed by atoms with E-state index in [4.69, 9.17) is 0 Å². The molecule has 108 valence electrons. The van der Waals surface area contributed by atoms with Crippen LogP contribution in [0.2, 0.25) is 0 Å². The summed E-state index contributed by atoms with van der Waals surface area (Å²) in [6.45, 7) is 3.89. The first-order valence-corrected chi connectivity index (χ1v) is 6.81. The van der Waals surface area contributed by atoms with Gasteiger partial charge < -0.3 is 4.57 Å².